The minimum absolute atomic E-state index is 0.203. The van der Waals surface area contributed by atoms with Gasteiger partial charge in [-0.3, -0.25) is 0 Å². The van der Waals surface area contributed by atoms with E-state index >= 15 is 0 Å². The van der Waals surface area contributed by atoms with Gasteiger partial charge in [-0.25, -0.2) is 0 Å². The van der Waals surface area contributed by atoms with Crippen molar-refractivity contribution >= 4 is 0 Å². The number of ether oxygens (including phenoxy) is 1. The highest BCUT2D eigenvalue weighted by atomic mass is 16.5. The second-order valence-corrected chi connectivity index (χ2v) is 5.51. The zero-order chi connectivity index (χ0) is 11.4. The first-order valence-corrected chi connectivity index (χ1v) is 6.75. The Kier molecular flexibility index (Phi) is 4.22. The predicted octanol–water partition coefficient (Wildman–Crippen LogP) is 1.84. The Morgan fingerprint density at radius 1 is 1.44 bits per heavy atom. The lowest BCUT2D eigenvalue weighted by atomic mass is 9.88. The number of nitrogens with one attached hydrogen (secondary N) is 1. The fraction of sp³-hybridized carbons (Fsp3) is 1.00. The maximum atomic E-state index is 8.91. The zero-order valence-electron chi connectivity index (χ0n) is 10.4. The average molecular weight is 227 g/mol. The Morgan fingerprint density at radius 2 is 2.19 bits per heavy atom. The summed E-state index contributed by atoms with van der Waals surface area (Å²) in [5.41, 5.74) is 0.203. The van der Waals surface area contributed by atoms with E-state index in [-0.39, 0.29) is 12.2 Å². The minimum atomic E-state index is 0.203. The molecule has 0 aromatic carbocycles. The summed E-state index contributed by atoms with van der Waals surface area (Å²) in [5, 5.41) is 12.5. The summed E-state index contributed by atoms with van der Waals surface area (Å²) < 4.78 is 6.01. The molecule has 2 unspecified atom stereocenters. The van der Waals surface area contributed by atoms with Gasteiger partial charge in [0.1, 0.15) is 0 Å². The molecule has 1 aliphatic carbocycles. The van der Waals surface area contributed by atoms with Gasteiger partial charge in [0.15, 0.2) is 0 Å². The second kappa shape index (κ2) is 5.48. The Balaban J connectivity index is 1.82. The van der Waals surface area contributed by atoms with Gasteiger partial charge in [-0.05, 0) is 39.0 Å². The fourth-order valence-corrected chi connectivity index (χ4v) is 3.22. The van der Waals surface area contributed by atoms with Crippen LogP contribution in [0.3, 0.4) is 0 Å². The Bertz CT molecular complexity index is 214. The molecule has 1 saturated heterocycles. The van der Waals surface area contributed by atoms with Crippen LogP contribution in [0.5, 0.6) is 0 Å². The van der Waals surface area contributed by atoms with Crippen molar-refractivity contribution in [2.75, 3.05) is 13.2 Å². The van der Waals surface area contributed by atoms with Crippen molar-refractivity contribution in [3.63, 3.8) is 0 Å². The van der Waals surface area contributed by atoms with Gasteiger partial charge in [0.05, 0.1) is 5.60 Å². The molecule has 1 saturated carbocycles. The van der Waals surface area contributed by atoms with E-state index in [2.05, 4.69) is 12.2 Å². The van der Waals surface area contributed by atoms with Gasteiger partial charge in [0.2, 0.25) is 0 Å². The molecule has 0 radical (unpaired) electrons. The third-order valence-corrected chi connectivity index (χ3v) is 4.09. The summed E-state index contributed by atoms with van der Waals surface area (Å²) in [6.07, 6.45) is 8.31. The molecule has 2 aliphatic rings. The van der Waals surface area contributed by atoms with Crippen molar-refractivity contribution in [3.8, 4) is 0 Å². The molecule has 2 fully saturated rings. The summed E-state index contributed by atoms with van der Waals surface area (Å²) in [4.78, 5) is 0. The summed E-state index contributed by atoms with van der Waals surface area (Å²) in [6, 6.07) is 1.01. The van der Waals surface area contributed by atoms with Gasteiger partial charge in [0, 0.05) is 25.3 Å². The van der Waals surface area contributed by atoms with Crippen molar-refractivity contribution in [1.29, 1.82) is 0 Å². The van der Waals surface area contributed by atoms with E-state index in [1.165, 1.54) is 32.1 Å². The Hall–Kier alpha value is -0.120. The molecule has 1 spiro atoms. The maximum absolute atomic E-state index is 8.91. The minimum Gasteiger partial charge on any atom is -0.396 e. The first kappa shape index (κ1) is 12.3. The van der Waals surface area contributed by atoms with Crippen LogP contribution in [0.4, 0.5) is 0 Å². The third kappa shape index (κ3) is 2.96. The highest BCUT2D eigenvalue weighted by Gasteiger charge is 2.39. The molecular formula is C13H25NO2. The third-order valence-electron chi connectivity index (χ3n) is 4.09. The molecule has 0 aromatic rings. The van der Waals surface area contributed by atoms with Crippen LogP contribution < -0.4 is 5.32 Å². The number of hydrogen-bond donors (Lipinski definition) is 2. The molecule has 0 amide bonds. The van der Waals surface area contributed by atoms with Gasteiger partial charge in [0.25, 0.3) is 0 Å². The zero-order valence-corrected chi connectivity index (χ0v) is 10.4. The largest absolute Gasteiger partial charge is 0.396 e. The van der Waals surface area contributed by atoms with Gasteiger partial charge in [-0.15, -0.1) is 0 Å². The number of hydrogen-bond acceptors (Lipinski definition) is 3. The number of rotatable bonds is 4. The van der Waals surface area contributed by atoms with E-state index < -0.39 is 0 Å². The van der Waals surface area contributed by atoms with Crippen molar-refractivity contribution in [3.05, 3.63) is 0 Å². The van der Waals surface area contributed by atoms with Crippen molar-refractivity contribution in [1.82, 2.24) is 5.32 Å². The molecule has 1 aliphatic heterocycles. The summed E-state index contributed by atoms with van der Waals surface area (Å²) in [7, 11) is 0. The number of aliphatic hydroxyl groups excluding tert-OH is 1. The topological polar surface area (TPSA) is 41.5 Å². The quantitative estimate of drug-likeness (QED) is 0.770. The molecular weight excluding hydrogens is 202 g/mol. The first-order chi connectivity index (χ1) is 7.74. The van der Waals surface area contributed by atoms with Gasteiger partial charge in [-0.2, -0.15) is 0 Å². The van der Waals surface area contributed by atoms with Crippen LogP contribution >= 0.6 is 0 Å². The Morgan fingerprint density at radius 3 is 2.88 bits per heavy atom. The average Bonchev–Trinajstić information content (AvgIpc) is 2.66. The molecule has 3 nitrogen and oxygen atoms in total. The van der Waals surface area contributed by atoms with Crippen LogP contribution in [0.25, 0.3) is 0 Å². The summed E-state index contributed by atoms with van der Waals surface area (Å²) >= 11 is 0. The van der Waals surface area contributed by atoms with E-state index in [9.17, 15) is 0 Å². The van der Waals surface area contributed by atoms with Crippen LogP contribution in [-0.2, 0) is 4.74 Å². The van der Waals surface area contributed by atoms with E-state index in [4.69, 9.17) is 9.84 Å². The maximum Gasteiger partial charge on any atom is 0.0697 e. The lowest BCUT2D eigenvalue weighted by molar-refractivity contribution is -0.0847. The van der Waals surface area contributed by atoms with Gasteiger partial charge >= 0.3 is 0 Å². The fourth-order valence-electron chi connectivity index (χ4n) is 3.22. The Labute approximate surface area is 98.6 Å². The molecule has 2 rings (SSSR count). The van der Waals surface area contributed by atoms with Crippen molar-refractivity contribution in [2.24, 2.45) is 0 Å². The van der Waals surface area contributed by atoms with Gasteiger partial charge < -0.3 is 15.2 Å². The molecule has 16 heavy (non-hydrogen) atoms. The summed E-state index contributed by atoms with van der Waals surface area (Å²) in [5.74, 6) is 0. The predicted molar refractivity (Wildman–Crippen MR) is 64.5 cm³/mol. The first-order valence-electron chi connectivity index (χ1n) is 6.75. The van der Waals surface area contributed by atoms with E-state index in [1.54, 1.807) is 0 Å². The van der Waals surface area contributed by atoms with Gasteiger partial charge in [-0.1, -0.05) is 12.8 Å². The second-order valence-electron chi connectivity index (χ2n) is 5.51. The lowest BCUT2D eigenvalue weighted by Crippen LogP contribution is -2.48. The van der Waals surface area contributed by atoms with Crippen LogP contribution in [-0.4, -0.2) is 36.0 Å². The highest BCUT2D eigenvalue weighted by molar-refractivity contribution is 4.93. The van der Waals surface area contributed by atoms with Crippen molar-refractivity contribution in [2.45, 2.75) is 69.6 Å². The highest BCUT2D eigenvalue weighted by Crippen LogP contribution is 2.40. The lowest BCUT2D eigenvalue weighted by Gasteiger charge is -2.39. The molecule has 0 bridgehead atoms. The monoisotopic (exact) mass is 227 g/mol. The van der Waals surface area contributed by atoms with Crippen LogP contribution in [0.1, 0.15) is 51.9 Å². The molecule has 2 N–H and O–H groups in total. The molecule has 3 heteroatoms. The van der Waals surface area contributed by atoms with Crippen LogP contribution in [0, 0.1) is 0 Å². The van der Waals surface area contributed by atoms with E-state index in [1.807, 2.05) is 0 Å². The summed E-state index contributed by atoms with van der Waals surface area (Å²) in [6.45, 7) is 3.35. The van der Waals surface area contributed by atoms with E-state index in [0.29, 0.717) is 12.1 Å². The standard InChI is InChI=1S/C13H25NO2/c1-11(4-8-15)14-12-5-9-16-13(10-12)6-2-3-7-13/h11-12,14-15H,2-10H2,1H3. The normalized spacial score (nSPS) is 30.8. The van der Waals surface area contributed by atoms with Crippen molar-refractivity contribution < 1.29 is 9.84 Å². The number of aliphatic hydroxyl groups is 1. The van der Waals surface area contributed by atoms with Crippen LogP contribution in [0.15, 0.2) is 0 Å². The molecule has 94 valence electrons. The smallest absolute Gasteiger partial charge is 0.0697 e. The van der Waals surface area contributed by atoms with E-state index in [0.717, 1.165) is 19.4 Å². The molecule has 2 atom stereocenters. The molecule has 1 heterocycles. The molecule has 0 aromatic heterocycles. The SMILES string of the molecule is CC(CCO)NC1CCOC2(CCCC2)C1. The van der Waals surface area contributed by atoms with Crippen LogP contribution in [0.2, 0.25) is 0 Å².